The summed E-state index contributed by atoms with van der Waals surface area (Å²) in [5, 5.41) is 8.75. The smallest absolute Gasteiger partial charge is 0.417 e. The highest BCUT2D eigenvalue weighted by atomic mass is 19.4. The quantitative estimate of drug-likeness (QED) is 0.837. The predicted molar refractivity (Wildman–Crippen MR) is 63.8 cm³/mol. The molecule has 0 fully saturated rings. The Morgan fingerprint density at radius 2 is 1.57 bits per heavy atom. The molecule has 2 aromatic rings. The van der Waals surface area contributed by atoms with Crippen LogP contribution in [0.25, 0.3) is 11.1 Å². The van der Waals surface area contributed by atoms with Crippen molar-refractivity contribution < 1.29 is 31.9 Å². The summed E-state index contributed by atoms with van der Waals surface area (Å²) in [4.78, 5) is 10.8. The Bertz CT molecular complexity index is 687. The van der Waals surface area contributed by atoms with Crippen LogP contribution in [0.4, 0.5) is 22.0 Å². The maximum Gasteiger partial charge on any atom is 0.417 e. The zero-order valence-electron chi connectivity index (χ0n) is 10.2. The molecule has 0 spiro atoms. The summed E-state index contributed by atoms with van der Waals surface area (Å²) < 4.78 is 65.7. The fraction of sp³-hybridized carbons (Fsp3) is 0.0714. The van der Waals surface area contributed by atoms with Crippen LogP contribution in [0.1, 0.15) is 15.9 Å². The van der Waals surface area contributed by atoms with Crippen molar-refractivity contribution in [1.82, 2.24) is 0 Å². The summed E-state index contributed by atoms with van der Waals surface area (Å²) in [5.41, 5.74) is -3.47. The molecule has 0 aliphatic rings. The first kappa shape index (κ1) is 15.0. The van der Waals surface area contributed by atoms with Gasteiger partial charge in [-0.1, -0.05) is 12.1 Å². The molecule has 2 aromatic carbocycles. The number of hydrogen-bond acceptors (Lipinski definition) is 1. The van der Waals surface area contributed by atoms with Gasteiger partial charge >= 0.3 is 12.1 Å². The van der Waals surface area contributed by atoms with E-state index < -0.39 is 40.5 Å². The third-order valence-electron chi connectivity index (χ3n) is 2.81. The number of rotatable bonds is 2. The van der Waals surface area contributed by atoms with E-state index in [1.165, 1.54) is 0 Å². The van der Waals surface area contributed by atoms with Gasteiger partial charge < -0.3 is 5.11 Å². The van der Waals surface area contributed by atoms with Crippen LogP contribution in [0.5, 0.6) is 0 Å². The van der Waals surface area contributed by atoms with Gasteiger partial charge in [-0.25, -0.2) is 13.6 Å². The minimum absolute atomic E-state index is 0.386. The fourth-order valence-corrected chi connectivity index (χ4v) is 1.89. The van der Waals surface area contributed by atoms with Crippen LogP contribution >= 0.6 is 0 Å². The summed E-state index contributed by atoms with van der Waals surface area (Å²) >= 11 is 0. The molecule has 0 unspecified atom stereocenters. The Hall–Kier alpha value is -2.44. The van der Waals surface area contributed by atoms with Crippen molar-refractivity contribution in [2.75, 3.05) is 0 Å². The second-order valence-corrected chi connectivity index (χ2v) is 4.16. The highest BCUT2D eigenvalue weighted by Crippen LogP contribution is 2.36. The lowest BCUT2D eigenvalue weighted by Gasteiger charge is -2.13. The van der Waals surface area contributed by atoms with E-state index in [1.807, 2.05) is 0 Å². The van der Waals surface area contributed by atoms with Crippen molar-refractivity contribution >= 4 is 5.97 Å². The molecule has 21 heavy (non-hydrogen) atoms. The summed E-state index contributed by atoms with van der Waals surface area (Å²) in [6.07, 6.45) is -4.95. The molecule has 0 amide bonds. The average Bonchev–Trinajstić information content (AvgIpc) is 2.37. The van der Waals surface area contributed by atoms with E-state index in [4.69, 9.17) is 5.11 Å². The lowest BCUT2D eigenvalue weighted by Crippen LogP contribution is -2.13. The van der Waals surface area contributed by atoms with Crippen LogP contribution in [0.2, 0.25) is 0 Å². The van der Waals surface area contributed by atoms with Crippen molar-refractivity contribution in [3.63, 3.8) is 0 Å². The van der Waals surface area contributed by atoms with Gasteiger partial charge in [0.05, 0.1) is 16.7 Å². The van der Waals surface area contributed by atoms with Gasteiger partial charge in [0.15, 0.2) is 0 Å². The number of carboxylic acid groups (broad SMARTS) is 1. The Kier molecular flexibility index (Phi) is 3.67. The van der Waals surface area contributed by atoms with Crippen LogP contribution in [-0.2, 0) is 6.18 Å². The van der Waals surface area contributed by atoms with Gasteiger partial charge in [-0.2, -0.15) is 13.2 Å². The van der Waals surface area contributed by atoms with Gasteiger partial charge in [-0.05, 0) is 29.8 Å². The minimum atomic E-state index is -4.95. The molecule has 0 aromatic heterocycles. The van der Waals surface area contributed by atoms with E-state index in [0.29, 0.717) is 12.1 Å². The van der Waals surface area contributed by atoms with Crippen molar-refractivity contribution in [3.05, 3.63) is 59.2 Å². The van der Waals surface area contributed by atoms with Gasteiger partial charge in [0.2, 0.25) is 0 Å². The molecule has 0 aliphatic carbocycles. The van der Waals surface area contributed by atoms with Gasteiger partial charge in [0.25, 0.3) is 0 Å². The molecule has 0 aliphatic heterocycles. The van der Waals surface area contributed by atoms with E-state index >= 15 is 0 Å². The van der Waals surface area contributed by atoms with Crippen LogP contribution in [0, 0.1) is 11.6 Å². The van der Waals surface area contributed by atoms with Crippen LogP contribution in [0.3, 0.4) is 0 Å². The molecule has 0 atom stereocenters. The van der Waals surface area contributed by atoms with E-state index in [0.717, 1.165) is 24.3 Å². The van der Waals surface area contributed by atoms with Gasteiger partial charge in [-0.3, -0.25) is 0 Å². The number of alkyl halides is 3. The molecule has 7 heteroatoms. The average molecular weight is 302 g/mol. The van der Waals surface area contributed by atoms with E-state index in [2.05, 4.69) is 0 Å². The SMILES string of the molecule is O=C(O)c1ccc(-c2c(F)cccc2F)cc1C(F)(F)F. The van der Waals surface area contributed by atoms with Crippen LogP contribution < -0.4 is 0 Å². The number of benzene rings is 2. The number of hydrogen-bond donors (Lipinski definition) is 1. The van der Waals surface area contributed by atoms with Gasteiger partial charge in [0, 0.05) is 0 Å². The second kappa shape index (κ2) is 5.16. The molecule has 0 radical (unpaired) electrons. The summed E-state index contributed by atoms with van der Waals surface area (Å²) in [5.74, 6) is -3.85. The summed E-state index contributed by atoms with van der Waals surface area (Å²) in [6.45, 7) is 0. The van der Waals surface area contributed by atoms with Crippen molar-refractivity contribution in [2.45, 2.75) is 6.18 Å². The topological polar surface area (TPSA) is 37.3 Å². The lowest BCUT2D eigenvalue weighted by atomic mass is 9.98. The molecule has 1 N–H and O–H groups in total. The Balaban J connectivity index is 2.71. The summed E-state index contributed by atoms with van der Waals surface area (Å²) in [7, 11) is 0. The zero-order valence-corrected chi connectivity index (χ0v) is 10.2. The maximum atomic E-state index is 13.6. The first-order valence-electron chi connectivity index (χ1n) is 5.60. The van der Waals surface area contributed by atoms with Gasteiger partial charge in [-0.15, -0.1) is 0 Å². The molecule has 2 nitrogen and oxygen atoms in total. The van der Waals surface area contributed by atoms with E-state index in [1.54, 1.807) is 0 Å². The largest absolute Gasteiger partial charge is 0.478 e. The zero-order chi connectivity index (χ0) is 15.8. The third-order valence-corrected chi connectivity index (χ3v) is 2.81. The third kappa shape index (κ3) is 2.86. The van der Waals surface area contributed by atoms with E-state index in [-0.39, 0.29) is 5.56 Å². The lowest BCUT2D eigenvalue weighted by molar-refractivity contribution is -0.138. The summed E-state index contributed by atoms with van der Waals surface area (Å²) in [6, 6.07) is 4.90. The highest BCUT2D eigenvalue weighted by Gasteiger charge is 2.36. The Morgan fingerprint density at radius 1 is 1.00 bits per heavy atom. The Morgan fingerprint density at radius 3 is 2.05 bits per heavy atom. The monoisotopic (exact) mass is 302 g/mol. The van der Waals surface area contributed by atoms with Crippen molar-refractivity contribution in [1.29, 1.82) is 0 Å². The number of halogens is 5. The minimum Gasteiger partial charge on any atom is -0.478 e. The molecule has 0 saturated carbocycles. The molecular weight excluding hydrogens is 295 g/mol. The predicted octanol–water partition coefficient (Wildman–Crippen LogP) is 4.35. The normalized spacial score (nSPS) is 11.5. The molecule has 0 bridgehead atoms. The molecule has 110 valence electrons. The first-order valence-corrected chi connectivity index (χ1v) is 5.60. The molecule has 0 heterocycles. The Labute approximate surface area is 115 Å². The van der Waals surface area contributed by atoms with Crippen LogP contribution in [-0.4, -0.2) is 11.1 Å². The fourth-order valence-electron chi connectivity index (χ4n) is 1.89. The first-order chi connectivity index (χ1) is 9.71. The maximum absolute atomic E-state index is 13.6. The van der Waals surface area contributed by atoms with Gasteiger partial charge in [0.1, 0.15) is 11.6 Å². The number of aromatic carboxylic acids is 1. The van der Waals surface area contributed by atoms with Crippen LogP contribution in [0.15, 0.2) is 36.4 Å². The molecular formula is C14H7F5O2. The molecule has 2 rings (SSSR count). The van der Waals surface area contributed by atoms with E-state index in [9.17, 15) is 26.7 Å². The second-order valence-electron chi connectivity index (χ2n) is 4.16. The highest BCUT2D eigenvalue weighted by molar-refractivity contribution is 5.90. The number of carbonyl (C=O) groups is 1. The number of carboxylic acids is 1. The van der Waals surface area contributed by atoms with Crippen molar-refractivity contribution in [2.24, 2.45) is 0 Å². The standard InChI is InChI=1S/C14H7F5O2/c15-10-2-1-3-11(16)12(10)7-4-5-8(13(20)21)9(6-7)14(17,18)19/h1-6H,(H,20,21). The van der Waals surface area contributed by atoms with Crippen molar-refractivity contribution in [3.8, 4) is 11.1 Å². The molecule has 0 saturated heterocycles.